The predicted octanol–water partition coefficient (Wildman–Crippen LogP) is 0.509. The molecule has 0 unspecified atom stereocenters. The van der Waals surface area contributed by atoms with E-state index in [4.69, 9.17) is 10.5 Å². The molecule has 18 heavy (non-hydrogen) atoms. The smallest absolute Gasteiger partial charge is 0.191 e. The van der Waals surface area contributed by atoms with Crippen molar-refractivity contribution in [1.29, 1.82) is 0 Å². The Morgan fingerprint density at radius 2 is 1.78 bits per heavy atom. The number of aliphatic imine (C=N–C) groups is 1. The zero-order valence-corrected chi connectivity index (χ0v) is 11.3. The molecule has 2 aliphatic heterocycles. The fourth-order valence-electron chi connectivity index (χ4n) is 2.54. The van der Waals surface area contributed by atoms with Crippen molar-refractivity contribution in [2.24, 2.45) is 10.7 Å². The van der Waals surface area contributed by atoms with Crippen LogP contribution in [0.5, 0.6) is 0 Å². The number of ether oxygens (including phenoxy) is 1. The van der Waals surface area contributed by atoms with Gasteiger partial charge in [0.1, 0.15) is 0 Å². The van der Waals surface area contributed by atoms with Crippen LogP contribution in [0.3, 0.4) is 0 Å². The van der Waals surface area contributed by atoms with Gasteiger partial charge in [-0.3, -0.25) is 4.99 Å². The highest BCUT2D eigenvalue weighted by molar-refractivity contribution is 5.78. The minimum absolute atomic E-state index is 0.694. The van der Waals surface area contributed by atoms with Gasteiger partial charge < -0.3 is 20.3 Å². The molecule has 2 heterocycles. The summed E-state index contributed by atoms with van der Waals surface area (Å²) in [5.74, 6) is 0.694. The van der Waals surface area contributed by atoms with E-state index in [9.17, 15) is 0 Å². The third-order valence-corrected chi connectivity index (χ3v) is 3.69. The lowest BCUT2D eigenvalue weighted by atomic mass is 10.3. The third-order valence-electron chi connectivity index (χ3n) is 3.69. The Bertz CT molecular complexity index is 258. The number of hydrogen-bond donors (Lipinski definition) is 1. The van der Waals surface area contributed by atoms with E-state index in [1.807, 2.05) is 0 Å². The summed E-state index contributed by atoms with van der Waals surface area (Å²) >= 11 is 0. The van der Waals surface area contributed by atoms with Crippen LogP contribution in [0.2, 0.25) is 0 Å². The summed E-state index contributed by atoms with van der Waals surface area (Å²) in [5, 5.41) is 0. The van der Waals surface area contributed by atoms with Crippen molar-refractivity contribution in [3.8, 4) is 0 Å². The van der Waals surface area contributed by atoms with Crippen molar-refractivity contribution in [3.05, 3.63) is 0 Å². The van der Waals surface area contributed by atoms with Crippen LogP contribution >= 0.6 is 0 Å². The molecule has 0 amide bonds. The lowest BCUT2D eigenvalue weighted by molar-refractivity contribution is 0.0674. The first-order chi connectivity index (χ1) is 8.86. The number of guanidine groups is 1. The van der Waals surface area contributed by atoms with Crippen LogP contribution in [0.25, 0.3) is 0 Å². The van der Waals surface area contributed by atoms with Crippen LogP contribution in [0.1, 0.15) is 25.7 Å². The second-order valence-electron chi connectivity index (χ2n) is 5.10. The van der Waals surface area contributed by atoms with Gasteiger partial charge in [0.25, 0.3) is 0 Å². The first kappa shape index (κ1) is 13.6. The van der Waals surface area contributed by atoms with E-state index in [2.05, 4.69) is 14.8 Å². The number of rotatable bonds is 5. The van der Waals surface area contributed by atoms with E-state index in [1.54, 1.807) is 0 Å². The Labute approximate surface area is 110 Å². The molecular weight excluding hydrogens is 228 g/mol. The summed E-state index contributed by atoms with van der Waals surface area (Å²) in [6, 6.07) is 0. The zero-order valence-electron chi connectivity index (χ0n) is 11.3. The summed E-state index contributed by atoms with van der Waals surface area (Å²) in [6.45, 7) is 7.96. The molecule has 0 aromatic rings. The van der Waals surface area contributed by atoms with Crippen LogP contribution in [0.15, 0.2) is 4.99 Å². The van der Waals surface area contributed by atoms with Gasteiger partial charge in [0.2, 0.25) is 0 Å². The SMILES string of the molecule is NC(=NCCCCN1CCCC1)N1CCOCC1. The fraction of sp³-hybridized carbons (Fsp3) is 0.923. The highest BCUT2D eigenvalue weighted by Crippen LogP contribution is 2.08. The molecule has 2 rings (SSSR count). The molecule has 2 fully saturated rings. The van der Waals surface area contributed by atoms with Crippen LogP contribution in [-0.4, -0.2) is 68.2 Å². The van der Waals surface area contributed by atoms with Crippen molar-refractivity contribution < 1.29 is 4.74 Å². The first-order valence-corrected chi connectivity index (χ1v) is 7.21. The molecule has 2 aliphatic rings. The summed E-state index contributed by atoms with van der Waals surface area (Å²) in [5.41, 5.74) is 5.96. The number of unbranched alkanes of at least 4 members (excludes halogenated alkanes) is 1. The Morgan fingerprint density at radius 3 is 2.50 bits per heavy atom. The summed E-state index contributed by atoms with van der Waals surface area (Å²) < 4.78 is 5.29. The lowest BCUT2D eigenvalue weighted by Gasteiger charge is -2.27. The molecule has 5 nitrogen and oxygen atoms in total. The van der Waals surface area contributed by atoms with Crippen molar-refractivity contribution in [1.82, 2.24) is 9.80 Å². The average molecular weight is 254 g/mol. The van der Waals surface area contributed by atoms with Gasteiger partial charge in [-0.1, -0.05) is 0 Å². The number of hydrogen-bond acceptors (Lipinski definition) is 3. The highest BCUT2D eigenvalue weighted by atomic mass is 16.5. The van der Waals surface area contributed by atoms with Gasteiger partial charge in [-0.15, -0.1) is 0 Å². The standard InChI is InChI=1S/C13H26N4O/c14-13(17-9-11-18-12-10-17)15-5-1-2-6-16-7-3-4-8-16/h1-12H2,(H2,14,15). The van der Waals surface area contributed by atoms with E-state index in [0.29, 0.717) is 5.96 Å². The summed E-state index contributed by atoms with van der Waals surface area (Å²) in [7, 11) is 0. The zero-order chi connectivity index (χ0) is 12.6. The Hall–Kier alpha value is -0.810. The molecular formula is C13H26N4O. The van der Waals surface area contributed by atoms with Gasteiger partial charge in [-0.2, -0.15) is 0 Å². The largest absolute Gasteiger partial charge is 0.378 e. The fourth-order valence-corrected chi connectivity index (χ4v) is 2.54. The van der Waals surface area contributed by atoms with Crippen LogP contribution in [0, 0.1) is 0 Å². The maximum Gasteiger partial charge on any atom is 0.191 e. The molecule has 2 N–H and O–H groups in total. The Kier molecular flexibility index (Phi) is 5.74. The molecule has 104 valence electrons. The van der Waals surface area contributed by atoms with Crippen molar-refractivity contribution in [3.63, 3.8) is 0 Å². The molecule has 0 aliphatic carbocycles. The molecule has 0 saturated carbocycles. The maximum atomic E-state index is 5.96. The summed E-state index contributed by atoms with van der Waals surface area (Å²) in [6.07, 6.45) is 5.13. The normalized spacial score (nSPS) is 22.7. The van der Waals surface area contributed by atoms with Gasteiger partial charge >= 0.3 is 0 Å². The number of nitrogens with two attached hydrogens (primary N) is 1. The molecule has 0 spiro atoms. The Morgan fingerprint density at radius 1 is 1.06 bits per heavy atom. The van der Waals surface area contributed by atoms with E-state index >= 15 is 0 Å². The molecule has 0 aromatic heterocycles. The number of morpholine rings is 1. The van der Waals surface area contributed by atoms with Gasteiger partial charge in [0.05, 0.1) is 13.2 Å². The quantitative estimate of drug-likeness (QED) is 0.441. The second kappa shape index (κ2) is 7.59. The second-order valence-corrected chi connectivity index (χ2v) is 5.10. The molecule has 0 atom stereocenters. The van der Waals surface area contributed by atoms with Gasteiger partial charge in [-0.25, -0.2) is 0 Å². The average Bonchev–Trinajstić information content (AvgIpc) is 2.92. The highest BCUT2D eigenvalue weighted by Gasteiger charge is 2.12. The minimum Gasteiger partial charge on any atom is -0.378 e. The Balaban J connectivity index is 1.55. The number of nitrogens with zero attached hydrogens (tertiary/aromatic N) is 3. The molecule has 0 radical (unpaired) electrons. The van der Waals surface area contributed by atoms with Crippen LogP contribution < -0.4 is 5.73 Å². The topological polar surface area (TPSA) is 54.1 Å². The lowest BCUT2D eigenvalue weighted by Crippen LogP contribution is -2.44. The monoisotopic (exact) mass is 254 g/mol. The molecule has 0 bridgehead atoms. The van der Waals surface area contributed by atoms with E-state index in [-0.39, 0.29) is 0 Å². The van der Waals surface area contributed by atoms with Crippen LogP contribution in [-0.2, 0) is 4.74 Å². The van der Waals surface area contributed by atoms with Crippen molar-refractivity contribution >= 4 is 5.96 Å². The van der Waals surface area contributed by atoms with Gasteiger partial charge in [0, 0.05) is 19.6 Å². The maximum absolute atomic E-state index is 5.96. The molecule has 0 aromatic carbocycles. The van der Waals surface area contributed by atoms with E-state index < -0.39 is 0 Å². The minimum atomic E-state index is 0.694. The summed E-state index contributed by atoms with van der Waals surface area (Å²) in [4.78, 5) is 9.12. The van der Waals surface area contributed by atoms with Crippen LogP contribution in [0.4, 0.5) is 0 Å². The van der Waals surface area contributed by atoms with Gasteiger partial charge in [0.15, 0.2) is 5.96 Å². The third kappa shape index (κ3) is 4.46. The molecule has 5 heteroatoms. The van der Waals surface area contributed by atoms with Crippen molar-refractivity contribution in [2.45, 2.75) is 25.7 Å². The van der Waals surface area contributed by atoms with Crippen molar-refractivity contribution in [2.75, 3.05) is 52.5 Å². The van der Waals surface area contributed by atoms with Gasteiger partial charge in [-0.05, 0) is 45.3 Å². The van der Waals surface area contributed by atoms with E-state index in [0.717, 1.165) is 39.3 Å². The first-order valence-electron chi connectivity index (χ1n) is 7.21. The molecule has 2 saturated heterocycles. The van der Waals surface area contributed by atoms with E-state index in [1.165, 1.54) is 38.9 Å². The predicted molar refractivity (Wildman–Crippen MR) is 73.8 cm³/mol. The number of likely N-dealkylation sites (tertiary alicyclic amines) is 1.